The summed E-state index contributed by atoms with van der Waals surface area (Å²) >= 11 is 2.89. The maximum atomic E-state index is 12.9. The molecule has 31 heavy (non-hydrogen) atoms. The first kappa shape index (κ1) is 19.3. The second kappa shape index (κ2) is 7.36. The molecular formula is C22H25N5O2S2. The van der Waals surface area contributed by atoms with Gasteiger partial charge < -0.3 is 26.0 Å². The van der Waals surface area contributed by atoms with Gasteiger partial charge in [0.2, 0.25) is 0 Å². The highest BCUT2D eigenvalue weighted by molar-refractivity contribution is 7.29. The summed E-state index contributed by atoms with van der Waals surface area (Å²) in [7, 11) is 0. The summed E-state index contributed by atoms with van der Waals surface area (Å²) in [6.45, 7) is 4.53. The molecule has 1 aromatic carbocycles. The molecule has 1 amide bonds. The zero-order valence-electron chi connectivity index (χ0n) is 17.3. The van der Waals surface area contributed by atoms with Crippen molar-refractivity contribution in [3.63, 3.8) is 0 Å². The number of piperazine rings is 1. The van der Waals surface area contributed by atoms with Crippen LogP contribution in [0, 0.1) is 6.92 Å². The number of aryl methyl sites for hydroxylation is 1. The number of nitrogens with zero attached hydrogens (tertiary/aromatic N) is 2. The molecule has 2 unspecified atom stereocenters. The number of carbonyl (C=O) groups excluding carboxylic acids is 1. The Morgan fingerprint density at radius 3 is 2.87 bits per heavy atom. The second-order valence-electron chi connectivity index (χ2n) is 8.73. The van der Waals surface area contributed by atoms with Crippen LogP contribution in [0.25, 0.3) is 9.53 Å². The summed E-state index contributed by atoms with van der Waals surface area (Å²) in [5.74, 6) is 0.792. The summed E-state index contributed by atoms with van der Waals surface area (Å²) in [4.78, 5) is 21.2. The summed E-state index contributed by atoms with van der Waals surface area (Å²) in [6, 6.07) is 7.64. The van der Waals surface area contributed by atoms with Crippen molar-refractivity contribution in [3.8, 4) is 5.75 Å². The fraction of sp³-hybridized carbons (Fsp3) is 0.455. The predicted molar refractivity (Wildman–Crippen MR) is 126 cm³/mol. The molecule has 0 radical (unpaired) electrons. The number of nitrogens with two attached hydrogens (primary N) is 1. The number of rotatable bonds is 3. The van der Waals surface area contributed by atoms with E-state index in [4.69, 9.17) is 10.5 Å². The lowest BCUT2D eigenvalue weighted by molar-refractivity contribution is 0.0920. The van der Waals surface area contributed by atoms with E-state index in [1.165, 1.54) is 41.2 Å². The third-order valence-electron chi connectivity index (χ3n) is 6.47. The Balaban J connectivity index is 1.15. The smallest absolute Gasteiger partial charge is 0.263 e. The quantitative estimate of drug-likeness (QED) is 0.562. The molecule has 0 spiro atoms. The minimum Gasteiger partial charge on any atom is -0.491 e. The minimum absolute atomic E-state index is 0.0740. The van der Waals surface area contributed by atoms with Crippen LogP contribution in [0.2, 0.25) is 0 Å². The third kappa shape index (κ3) is 3.44. The van der Waals surface area contributed by atoms with Crippen molar-refractivity contribution >= 4 is 49.5 Å². The monoisotopic (exact) mass is 455 g/mol. The van der Waals surface area contributed by atoms with Crippen LogP contribution in [0.1, 0.15) is 33.1 Å². The van der Waals surface area contributed by atoms with Crippen LogP contribution in [0.4, 0.5) is 11.4 Å². The van der Waals surface area contributed by atoms with Crippen molar-refractivity contribution in [2.75, 3.05) is 30.3 Å². The van der Waals surface area contributed by atoms with E-state index in [1.54, 1.807) is 0 Å². The van der Waals surface area contributed by atoms with Gasteiger partial charge in [-0.05, 0) is 37.8 Å². The number of hydrogen-bond donors (Lipinski definition) is 3. The van der Waals surface area contributed by atoms with Crippen molar-refractivity contribution in [1.82, 2.24) is 15.6 Å². The van der Waals surface area contributed by atoms with Gasteiger partial charge in [-0.15, -0.1) is 22.7 Å². The normalized spacial score (nSPS) is 24.8. The molecular weight excluding hydrogens is 430 g/mol. The van der Waals surface area contributed by atoms with Crippen LogP contribution in [0.5, 0.6) is 5.75 Å². The van der Waals surface area contributed by atoms with Gasteiger partial charge in [-0.2, -0.15) is 0 Å². The second-order valence-corrected chi connectivity index (χ2v) is 10.9. The van der Waals surface area contributed by atoms with Gasteiger partial charge in [-0.25, -0.2) is 4.98 Å². The van der Waals surface area contributed by atoms with E-state index in [0.717, 1.165) is 45.4 Å². The van der Waals surface area contributed by atoms with E-state index in [1.807, 2.05) is 6.92 Å². The number of carbonyl (C=O) groups is 1. The number of aromatic nitrogens is 1. The molecule has 0 aliphatic carbocycles. The molecule has 3 atom stereocenters. The van der Waals surface area contributed by atoms with Gasteiger partial charge in [-0.1, -0.05) is 6.07 Å². The van der Waals surface area contributed by atoms with Gasteiger partial charge in [0.05, 0.1) is 21.4 Å². The molecule has 6 rings (SSSR count). The Kier molecular flexibility index (Phi) is 4.59. The van der Waals surface area contributed by atoms with E-state index in [0.29, 0.717) is 29.3 Å². The molecule has 9 heteroatoms. The number of amides is 1. The van der Waals surface area contributed by atoms with Crippen LogP contribution >= 0.6 is 22.7 Å². The lowest BCUT2D eigenvalue weighted by atomic mass is 10.0. The lowest BCUT2D eigenvalue weighted by Crippen LogP contribution is -2.51. The van der Waals surface area contributed by atoms with Gasteiger partial charge in [-0.3, -0.25) is 4.79 Å². The van der Waals surface area contributed by atoms with Crippen molar-refractivity contribution in [3.05, 3.63) is 33.6 Å². The number of hydrogen-bond acceptors (Lipinski definition) is 8. The number of benzene rings is 1. The number of nitrogen functional groups attached to an aromatic ring is 1. The number of anilines is 2. The van der Waals surface area contributed by atoms with E-state index in [2.05, 4.69) is 38.7 Å². The minimum atomic E-state index is -0.143. The molecule has 3 aliphatic rings. The van der Waals surface area contributed by atoms with Crippen molar-refractivity contribution in [2.45, 2.75) is 44.3 Å². The van der Waals surface area contributed by atoms with Crippen molar-refractivity contribution < 1.29 is 9.53 Å². The van der Waals surface area contributed by atoms with Crippen molar-refractivity contribution in [2.24, 2.45) is 0 Å². The topological polar surface area (TPSA) is 92.5 Å². The number of thiophene rings is 1. The number of ether oxygens (including phenoxy) is 1. The Bertz CT molecular complexity index is 1160. The van der Waals surface area contributed by atoms with E-state index in [-0.39, 0.29) is 11.9 Å². The average Bonchev–Trinajstić information content (AvgIpc) is 3.40. The lowest BCUT2D eigenvalue weighted by Gasteiger charge is -2.35. The molecule has 162 valence electrons. The fourth-order valence-electron chi connectivity index (χ4n) is 4.98. The van der Waals surface area contributed by atoms with Gasteiger partial charge in [0, 0.05) is 36.9 Å². The van der Waals surface area contributed by atoms with E-state index >= 15 is 0 Å². The highest BCUT2D eigenvalue weighted by Gasteiger charge is 2.33. The Morgan fingerprint density at radius 2 is 2.10 bits per heavy atom. The first-order valence-corrected chi connectivity index (χ1v) is 12.4. The SMILES string of the molecule is Cc1nc2sc(C(=O)N[C@H]3COc4cc(N5CC6CCC(C5)N6)ccc4C3)c(N)c2s1. The van der Waals surface area contributed by atoms with Gasteiger partial charge in [0.25, 0.3) is 5.91 Å². The number of nitrogens with one attached hydrogen (secondary N) is 2. The molecule has 2 bridgehead atoms. The summed E-state index contributed by atoms with van der Waals surface area (Å²) in [6.07, 6.45) is 3.30. The van der Waals surface area contributed by atoms with Crippen LogP contribution in [-0.4, -0.2) is 48.7 Å². The first-order valence-electron chi connectivity index (χ1n) is 10.8. The molecule has 2 fully saturated rings. The van der Waals surface area contributed by atoms with E-state index in [9.17, 15) is 4.79 Å². The molecule has 3 aromatic rings. The fourth-order valence-corrected chi connectivity index (χ4v) is 7.07. The molecule has 5 heterocycles. The molecule has 2 saturated heterocycles. The molecule has 4 N–H and O–H groups in total. The maximum Gasteiger partial charge on any atom is 0.263 e. The summed E-state index contributed by atoms with van der Waals surface area (Å²) in [5.41, 5.74) is 9.13. The zero-order valence-corrected chi connectivity index (χ0v) is 18.9. The maximum absolute atomic E-state index is 12.9. The largest absolute Gasteiger partial charge is 0.491 e. The predicted octanol–water partition coefficient (Wildman–Crippen LogP) is 2.92. The highest BCUT2D eigenvalue weighted by Crippen LogP contribution is 2.37. The highest BCUT2D eigenvalue weighted by atomic mass is 32.1. The number of fused-ring (bicyclic) bond motifs is 4. The standard InChI is InChI=1S/C22H25N5O2S2/c1-11-24-22-20(30-11)18(23)19(31-22)21(28)26-15-6-12-2-5-16(7-17(12)29-10-15)27-8-13-3-4-14(9-27)25-13/h2,5,7,13-15,25H,3-4,6,8-10,23H2,1H3,(H,26,28)/t13?,14?,15-/m1/s1. The van der Waals surface area contributed by atoms with Crippen LogP contribution in [0.15, 0.2) is 18.2 Å². The van der Waals surface area contributed by atoms with Crippen molar-refractivity contribution in [1.29, 1.82) is 0 Å². The van der Waals surface area contributed by atoms with Gasteiger partial charge >= 0.3 is 0 Å². The van der Waals surface area contributed by atoms with Gasteiger partial charge in [0.15, 0.2) is 0 Å². The number of thiazole rings is 1. The Morgan fingerprint density at radius 1 is 1.29 bits per heavy atom. The average molecular weight is 456 g/mol. The molecule has 3 aliphatic heterocycles. The zero-order chi connectivity index (χ0) is 21.1. The van der Waals surface area contributed by atoms with Gasteiger partial charge in [0.1, 0.15) is 22.1 Å². The van der Waals surface area contributed by atoms with Crippen LogP contribution < -0.4 is 26.0 Å². The molecule has 2 aromatic heterocycles. The summed E-state index contributed by atoms with van der Waals surface area (Å²) < 4.78 is 6.98. The summed E-state index contributed by atoms with van der Waals surface area (Å²) in [5, 5.41) is 7.75. The Hall–Kier alpha value is -2.36. The van der Waals surface area contributed by atoms with E-state index < -0.39 is 0 Å². The molecule has 0 saturated carbocycles. The van der Waals surface area contributed by atoms with Crippen LogP contribution in [0.3, 0.4) is 0 Å². The Labute approximate surface area is 188 Å². The molecule has 7 nitrogen and oxygen atoms in total. The van der Waals surface area contributed by atoms with Crippen LogP contribution in [-0.2, 0) is 6.42 Å². The third-order valence-corrected chi connectivity index (χ3v) is 8.70. The first-order chi connectivity index (χ1) is 15.0.